The molecule has 0 aliphatic heterocycles. The minimum Gasteiger partial charge on any atom is -0.495 e. The summed E-state index contributed by atoms with van der Waals surface area (Å²) in [7, 11) is 1.55. The molecule has 5 nitrogen and oxygen atoms in total. The predicted octanol–water partition coefficient (Wildman–Crippen LogP) is 3.27. The van der Waals surface area contributed by atoms with Crippen molar-refractivity contribution in [3.05, 3.63) is 35.5 Å². The molecular formula is C18H23N3O2. The van der Waals surface area contributed by atoms with E-state index in [1.807, 2.05) is 25.1 Å². The summed E-state index contributed by atoms with van der Waals surface area (Å²) in [5.74, 6) is 0.140. The lowest BCUT2D eigenvalue weighted by atomic mass is 9.96. The van der Waals surface area contributed by atoms with E-state index >= 15 is 0 Å². The molecule has 1 aromatic rings. The minimum absolute atomic E-state index is 0.0686. The summed E-state index contributed by atoms with van der Waals surface area (Å²) < 4.78 is 5.24. The summed E-state index contributed by atoms with van der Waals surface area (Å²) in [6.07, 6.45) is 7.36. The van der Waals surface area contributed by atoms with Crippen LogP contribution in [0.25, 0.3) is 0 Å². The van der Waals surface area contributed by atoms with Crippen molar-refractivity contribution in [2.24, 2.45) is 0 Å². The van der Waals surface area contributed by atoms with Gasteiger partial charge in [-0.2, -0.15) is 5.26 Å². The van der Waals surface area contributed by atoms with Crippen molar-refractivity contribution < 1.29 is 9.53 Å². The first-order chi connectivity index (χ1) is 11.1. The van der Waals surface area contributed by atoms with Crippen molar-refractivity contribution in [3.8, 4) is 11.8 Å². The average Bonchev–Trinajstić information content (AvgIpc) is 2.56. The summed E-state index contributed by atoms with van der Waals surface area (Å²) in [6.45, 7) is 1.93. The number of carbonyl (C=O) groups excluding carboxylic acids is 1. The van der Waals surface area contributed by atoms with Crippen molar-refractivity contribution in [1.29, 1.82) is 5.26 Å². The molecule has 122 valence electrons. The number of hydrogen-bond donors (Lipinski definition) is 2. The molecule has 0 spiro atoms. The van der Waals surface area contributed by atoms with Gasteiger partial charge in [0, 0.05) is 12.2 Å². The molecule has 0 heterocycles. The van der Waals surface area contributed by atoms with Gasteiger partial charge in [0.25, 0.3) is 5.91 Å². The fourth-order valence-corrected chi connectivity index (χ4v) is 2.73. The largest absolute Gasteiger partial charge is 0.495 e. The van der Waals surface area contributed by atoms with E-state index in [2.05, 4.69) is 10.6 Å². The predicted molar refractivity (Wildman–Crippen MR) is 90.1 cm³/mol. The number of carbonyl (C=O) groups is 1. The standard InChI is InChI=1S/C18H23N3O2/c1-13-8-9-17(23-2)16(10-13)21-18(22)14(11-19)12-20-15-6-4-3-5-7-15/h8-10,12,15,20H,3-7H2,1-2H3,(H,21,22)/b14-12-. The van der Waals surface area contributed by atoms with Crippen LogP contribution in [-0.2, 0) is 4.79 Å². The topological polar surface area (TPSA) is 74.1 Å². The highest BCUT2D eigenvalue weighted by molar-refractivity contribution is 6.07. The van der Waals surface area contributed by atoms with Gasteiger partial charge in [-0.25, -0.2) is 0 Å². The highest BCUT2D eigenvalue weighted by Crippen LogP contribution is 2.25. The Morgan fingerprint density at radius 3 is 2.74 bits per heavy atom. The summed E-state index contributed by atoms with van der Waals surface area (Å²) in [4.78, 5) is 12.3. The lowest BCUT2D eigenvalue weighted by molar-refractivity contribution is -0.112. The van der Waals surface area contributed by atoms with Crippen LogP contribution in [0.4, 0.5) is 5.69 Å². The van der Waals surface area contributed by atoms with Crippen LogP contribution in [0, 0.1) is 18.3 Å². The van der Waals surface area contributed by atoms with Gasteiger partial charge in [0.2, 0.25) is 0 Å². The molecule has 23 heavy (non-hydrogen) atoms. The van der Waals surface area contributed by atoms with Gasteiger partial charge < -0.3 is 15.4 Å². The second kappa shape index (κ2) is 8.23. The summed E-state index contributed by atoms with van der Waals surface area (Å²) in [5.41, 5.74) is 1.64. The molecule has 1 aromatic carbocycles. The van der Waals surface area contributed by atoms with Gasteiger partial charge >= 0.3 is 0 Å². The fraction of sp³-hybridized carbons (Fsp3) is 0.444. The molecule has 0 radical (unpaired) electrons. The maximum atomic E-state index is 12.3. The van der Waals surface area contributed by atoms with Crippen LogP contribution < -0.4 is 15.4 Å². The summed E-state index contributed by atoms with van der Waals surface area (Å²) in [5, 5.41) is 15.2. The highest BCUT2D eigenvalue weighted by Gasteiger charge is 2.15. The van der Waals surface area contributed by atoms with Gasteiger partial charge in [-0.1, -0.05) is 25.3 Å². The zero-order valence-corrected chi connectivity index (χ0v) is 13.7. The first kappa shape index (κ1) is 16.9. The van der Waals surface area contributed by atoms with E-state index in [0.717, 1.165) is 18.4 Å². The zero-order valence-electron chi connectivity index (χ0n) is 13.7. The number of nitriles is 1. The van der Waals surface area contributed by atoms with Gasteiger partial charge in [0.05, 0.1) is 12.8 Å². The Morgan fingerprint density at radius 1 is 1.35 bits per heavy atom. The molecule has 0 aromatic heterocycles. The van der Waals surface area contributed by atoms with Gasteiger partial charge in [-0.05, 0) is 37.5 Å². The Labute approximate surface area is 137 Å². The number of benzene rings is 1. The lowest BCUT2D eigenvalue weighted by Gasteiger charge is -2.21. The van der Waals surface area contributed by atoms with Crippen molar-refractivity contribution >= 4 is 11.6 Å². The van der Waals surface area contributed by atoms with Crippen LogP contribution in [0.3, 0.4) is 0 Å². The van der Waals surface area contributed by atoms with Gasteiger partial charge in [0.15, 0.2) is 0 Å². The highest BCUT2D eigenvalue weighted by atomic mass is 16.5. The monoisotopic (exact) mass is 313 g/mol. The van der Waals surface area contributed by atoms with Gasteiger partial charge in [-0.3, -0.25) is 4.79 Å². The molecule has 1 amide bonds. The third-order valence-corrected chi connectivity index (χ3v) is 4.04. The van der Waals surface area contributed by atoms with E-state index in [4.69, 9.17) is 4.74 Å². The number of nitrogens with one attached hydrogen (secondary N) is 2. The quantitative estimate of drug-likeness (QED) is 0.646. The molecule has 1 aliphatic rings. The smallest absolute Gasteiger partial charge is 0.267 e. The second-order valence-electron chi connectivity index (χ2n) is 5.83. The van der Waals surface area contributed by atoms with E-state index in [1.54, 1.807) is 13.2 Å². The van der Waals surface area contributed by atoms with E-state index in [0.29, 0.717) is 17.5 Å². The fourth-order valence-electron chi connectivity index (χ4n) is 2.73. The number of amides is 1. The Balaban J connectivity index is 2.05. The number of hydrogen-bond acceptors (Lipinski definition) is 4. The molecule has 0 saturated heterocycles. The number of methoxy groups -OCH3 is 1. The maximum Gasteiger partial charge on any atom is 0.267 e. The molecule has 5 heteroatoms. The van der Waals surface area contributed by atoms with Crippen LogP contribution in [0.1, 0.15) is 37.7 Å². The van der Waals surface area contributed by atoms with Crippen LogP contribution >= 0.6 is 0 Å². The van der Waals surface area contributed by atoms with Crippen LogP contribution in [0.2, 0.25) is 0 Å². The number of nitrogens with zero attached hydrogens (tertiary/aromatic N) is 1. The van der Waals surface area contributed by atoms with Crippen molar-refractivity contribution in [3.63, 3.8) is 0 Å². The maximum absolute atomic E-state index is 12.3. The van der Waals surface area contributed by atoms with E-state index in [1.165, 1.54) is 25.5 Å². The van der Waals surface area contributed by atoms with E-state index in [9.17, 15) is 10.1 Å². The number of aryl methyl sites for hydroxylation is 1. The number of rotatable bonds is 5. The zero-order chi connectivity index (χ0) is 16.7. The molecular weight excluding hydrogens is 290 g/mol. The minimum atomic E-state index is -0.431. The van der Waals surface area contributed by atoms with E-state index < -0.39 is 5.91 Å². The van der Waals surface area contributed by atoms with Crippen LogP contribution in [0.5, 0.6) is 5.75 Å². The van der Waals surface area contributed by atoms with Crippen molar-refractivity contribution in [2.75, 3.05) is 12.4 Å². The molecule has 1 aliphatic carbocycles. The Bertz CT molecular complexity index is 626. The van der Waals surface area contributed by atoms with Crippen molar-refractivity contribution in [1.82, 2.24) is 5.32 Å². The Morgan fingerprint density at radius 2 is 2.09 bits per heavy atom. The Kier molecular flexibility index (Phi) is 6.04. The molecule has 1 fully saturated rings. The molecule has 1 saturated carbocycles. The normalized spacial score (nSPS) is 15.6. The molecule has 2 N–H and O–H groups in total. The third kappa shape index (κ3) is 4.75. The molecule has 0 bridgehead atoms. The van der Waals surface area contributed by atoms with Crippen LogP contribution in [-0.4, -0.2) is 19.1 Å². The third-order valence-electron chi connectivity index (χ3n) is 4.04. The molecule has 2 rings (SSSR count). The van der Waals surface area contributed by atoms with Gasteiger partial charge in [-0.15, -0.1) is 0 Å². The van der Waals surface area contributed by atoms with Crippen LogP contribution in [0.15, 0.2) is 30.0 Å². The Hall–Kier alpha value is -2.48. The average molecular weight is 313 g/mol. The molecule has 0 atom stereocenters. The second-order valence-corrected chi connectivity index (χ2v) is 5.83. The number of anilines is 1. The molecule has 0 unspecified atom stereocenters. The number of ether oxygens (including phenoxy) is 1. The van der Waals surface area contributed by atoms with Gasteiger partial charge in [0.1, 0.15) is 17.4 Å². The van der Waals surface area contributed by atoms with E-state index in [-0.39, 0.29) is 5.57 Å². The SMILES string of the molecule is COc1ccc(C)cc1NC(=O)/C(C#N)=C\NC1CCCCC1. The summed E-state index contributed by atoms with van der Waals surface area (Å²) in [6, 6.07) is 7.83. The first-order valence-corrected chi connectivity index (χ1v) is 7.96. The first-order valence-electron chi connectivity index (χ1n) is 7.96. The lowest BCUT2D eigenvalue weighted by Crippen LogP contribution is -2.28. The summed E-state index contributed by atoms with van der Waals surface area (Å²) >= 11 is 0. The van der Waals surface area contributed by atoms with Crippen molar-refractivity contribution in [2.45, 2.75) is 45.1 Å².